The van der Waals surface area contributed by atoms with Crippen molar-refractivity contribution in [2.75, 3.05) is 30.7 Å². The van der Waals surface area contributed by atoms with Gasteiger partial charge in [0.1, 0.15) is 0 Å². The summed E-state index contributed by atoms with van der Waals surface area (Å²) in [6, 6.07) is 6.94. The average molecular weight is 460 g/mol. The molecule has 1 fully saturated rings. The maximum Gasteiger partial charge on any atom is 0.251 e. The number of thioether (sulfide) groups is 1. The minimum absolute atomic E-state index is 0.120. The van der Waals surface area contributed by atoms with E-state index in [0.29, 0.717) is 17.8 Å². The lowest BCUT2D eigenvalue weighted by molar-refractivity contribution is -0.113. The number of carbonyl (C=O) groups excluding carboxylic acids is 2. The Balaban J connectivity index is 1.48. The molecule has 0 radical (unpaired) electrons. The van der Waals surface area contributed by atoms with Gasteiger partial charge in [-0.25, -0.2) is 4.98 Å². The lowest BCUT2D eigenvalue weighted by Crippen LogP contribution is -2.58. The second kappa shape index (κ2) is 10.5. The number of hydrogen-bond acceptors (Lipinski definition) is 6. The number of morpholine rings is 1. The summed E-state index contributed by atoms with van der Waals surface area (Å²) >= 11 is 1.37. The topological polar surface area (TPSA) is 88.5 Å². The normalized spacial score (nSPS) is 19.5. The van der Waals surface area contributed by atoms with Crippen LogP contribution in [0.5, 0.6) is 0 Å². The molecule has 2 N–H and O–H groups in total. The highest BCUT2D eigenvalue weighted by Gasteiger charge is 2.33. The predicted molar refractivity (Wildman–Crippen MR) is 127 cm³/mol. The molecule has 2 amide bonds. The number of rotatable bonds is 8. The summed E-state index contributed by atoms with van der Waals surface area (Å²) in [7, 11) is 1.89. The van der Waals surface area contributed by atoms with E-state index in [2.05, 4.69) is 48.2 Å². The van der Waals surface area contributed by atoms with Crippen LogP contribution in [0.25, 0.3) is 0 Å². The molecule has 1 saturated heterocycles. The molecule has 1 aliphatic heterocycles. The first-order valence-corrected chi connectivity index (χ1v) is 11.8. The summed E-state index contributed by atoms with van der Waals surface area (Å²) in [6.45, 7) is 10.7. The van der Waals surface area contributed by atoms with E-state index in [4.69, 9.17) is 4.74 Å². The first-order valence-electron chi connectivity index (χ1n) is 10.8. The predicted octanol–water partition coefficient (Wildman–Crippen LogP) is 2.77. The van der Waals surface area contributed by atoms with Crippen molar-refractivity contribution in [2.45, 2.75) is 50.6 Å². The molecule has 0 saturated carbocycles. The lowest BCUT2D eigenvalue weighted by Gasteiger charge is -2.45. The molecule has 0 bridgehead atoms. The first-order chi connectivity index (χ1) is 15.1. The fraction of sp³-hybridized carbons (Fsp3) is 0.522. The van der Waals surface area contributed by atoms with Gasteiger partial charge < -0.3 is 19.9 Å². The van der Waals surface area contributed by atoms with Crippen molar-refractivity contribution in [3.05, 3.63) is 42.2 Å². The number of anilines is 1. The molecular weight excluding hydrogens is 426 g/mol. The SMILES string of the molecule is CC1CN(C(C)(C)CNC(=O)c2ccc(NC(=O)CSc3nccn3C)cc2)CC(C)O1. The number of imidazole rings is 1. The van der Waals surface area contributed by atoms with Crippen LogP contribution in [0.4, 0.5) is 5.69 Å². The van der Waals surface area contributed by atoms with E-state index in [1.807, 2.05) is 17.8 Å². The minimum atomic E-state index is -0.180. The Hall–Kier alpha value is -2.36. The molecule has 174 valence electrons. The third-order valence-corrected chi connectivity index (χ3v) is 6.56. The van der Waals surface area contributed by atoms with Crippen molar-refractivity contribution in [1.29, 1.82) is 0 Å². The number of aryl methyl sites for hydroxylation is 1. The molecule has 2 heterocycles. The van der Waals surface area contributed by atoms with Crippen molar-refractivity contribution in [3.63, 3.8) is 0 Å². The highest BCUT2D eigenvalue weighted by atomic mass is 32.2. The van der Waals surface area contributed by atoms with Crippen LogP contribution in [0.15, 0.2) is 41.8 Å². The van der Waals surface area contributed by atoms with E-state index in [0.717, 1.165) is 18.2 Å². The summed E-state index contributed by atoms with van der Waals surface area (Å²) < 4.78 is 7.69. The maximum atomic E-state index is 12.6. The van der Waals surface area contributed by atoms with Gasteiger partial charge in [-0.3, -0.25) is 14.5 Å². The Morgan fingerprint density at radius 1 is 1.19 bits per heavy atom. The van der Waals surface area contributed by atoms with E-state index < -0.39 is 0 Å². The second-order valence-corrected chi connectivity index (χ2v) is 9.83. The largest absolute Gasteiger partial charge is 0.373 e. The lowest BCUT2D eigenvalue weighted by atomic mass is 10.00. The van der Waals surface area contributed by atoms with Crippen LogP contribution in [-0.4, -0.2) is 69.4 Å². The van der Waals surface area contributed by atoms with Gasteiger partial charge in [0, 0.05) is 55.9 Å². The Morgan fingerprint density at radius 2 is 1.84 bits per heavy atom. The second-order valence-electron chi connectivity index (χ2n) is 8.89. The Kier molecular flexibility index (Phi) is 7.97. The number of amides is 2. The van der Waals surface area contributed by atoms with E-state index >= 15 is 0 Å². The number of aromatic nitrogens is 2. The number of nitrogens with one attached hydrogen (secondary N) is 2. The zero-order valence-electron chi connectivity index (χ0n) is 19.4. The molecule has 1 aliphatic rings. The zero-order chi connectivity index (χ0) is 23.3. The third kappa shape index (κ3) is 6.57. The molecule has 0 aliphatic carbocycles. The van der Waals surface area contributed by atoms with Crippen LogP contribution in [-0.2, 0) is 16.6 Å². The summed E-state index contributed by atoms with van der Waals surface area (Å²) in [5.41, 5.74) is 1.04. The Labute approximate surface area is 194 Å². The van der Waals surface area contributed by atoms with Gasteiger partial charge in [-0.2, -0.15) is 0 Å². The average Bonchev–Trinajstić information content (AvgIpc) is 3.15. The molecular formula is C23H33N5O3S. The molecule has 1 aromatic heterocycles. The number of nitrogens with zero attached hydrogens (tertiary/aromatic N) is 3. The molecule has 2 unspecified atom stereocenters. The van der Waals surface area contributed by atoms with Gasteiger partial charge in [-0.1, -0.05) is 11.8 Å². The summed E-state index contributed by atoms with van der Waals surface area (Å²) in [4.78, 5) is 31.4. The number of hydrogen-bond donors (Lipinski definition) is 2. The third-order valence-electron chi connectivity index (χ3n) is 5.50. The van der Waals surface area contributed by atoms with Gasteiger partial charge >= 0.3 is 0 Å². The fourth-order valence-corrected chi connectivity index (χ4v) is 4.44. The molecule has 9 heteroatoms. The van der Waals surface area contributed by atoms with Crippen LogP contribution in [0, 0.1) is 0 Å². The number of benzene rings is 1. The molecule has 8 nitrogen and oxygen atoms in total. The summed E-state index contributed by atoms with van der Waals surface area (Å²) in [6.07, 6.45) is 3.90. The highest BCUT2D eigenvalue weighted by Crippen LogP contribution is 2.21. The zero-order valence-corrected chi connectivity index (χ0v) is 20.2. The maximum absolute atomic E-state index is 12.6. The first kappa shape index (κ1) is 24.3. The van der Waals surface area contributed by atoms with Crippen molar-refractivity contribution >= 4 is 29.3 Å². The van der Waals surface area contributed by atoms with Gasteiger partial charge in [0.2, 0.25) is 5.91 Å². The highest BCUT2D eigenvalue weighted by molar-refractivity contribution is 7.99. The monoisotopic (exact) mass is 459 g/mol. The minimum Gasteiger partial charge on any atom is -0.373 e. The molecule has 32 heavy (non-hydrogen) atoms. The van der Waals surface area contributed by atoms with Crippen molar-refractivity contribution < 1.29 is 14.3 Å². The Morgan fingerprint density at radius 3 is 2.44 bits per heavy atom. The summed E-state index contributed by atoms with van der Waals surface area (Å²) in [5, 5.41) is 6.68. The van der Waals surface area contributed by atoms with Crippen molar-refractivity contribution in [2.24, 2.45) is 7.05 Å². The van der Waals surface area contributed by atoms with Crippen LogP contribution in [0.2, 0.25) is 0 Å². The van der Waals surface area contributed by atoms with E-state index in [9.17, 15) is 9.59 Å². The van der Waals surface area contributed by atoms with Crippen LogP contribution < -0.4 is 10.6 Å². The van der Waals surface area contributed by atoms with Crippen LogP contribution >= 0.6 is 11.8 Å². The smallest absolute Gasteiger partial charge is 0.251 e. The fourth-order valence-electron chi connectivity index (χ4n) is 3.71. The van der Waals surface area contributed by atoms with Crippen LogP contribution in [0.3, 0.4) is 0 Å². The quantitative estimate of drug-likeness (QED) is 0.590. The molecule has 3 rings (SSSR count). The molecule has 2 aromatic rings. The van der Waals surface area contributed by atoms with E-state index in [1.54, 1.807) is 30.5 Å². The van der Waals surface area contributed by atoms with Gasteiger partial charge in [0.25, 0.3) is 5.91 Å². The standard InChI is InChI=1S/C23H33N5O3S/c1-16-12-28(13-17(2)31-16)23(3,4)15-25-21(30)18-6-8-19(9-7-18)26-20(29)14-32-22-24-10-11-27(22)5/h6-11,16-17H,12-15H2,1-5H3,(H,25,30)(H,26,29). The van der Waals surface area contributed by atoms with E-state index in [1.165, 1.54) is 11.8 Å². The summed E-state index contributed by atoms with van der Waals surface area (Å²) in [5.74, 6) is 0.0163. The Bertz CT molecular complexity index is 918. The molecule has 1 aromatic carbocycles. The number of ether oxygens (including phenoxy) is 1. The van der Waals surface area contributed by atoms with Crippen molar-refractivity contribution in [1.82, 2.24) is 19.8 Å². The van der Waals surface area contributed by atoms with Crippen molar-refractivity contribution in [3.8, 4) is 0 Å². The van der Waals surface area contributed by atoms with Gasteiger partial charge in [-0.05, 0) is 52.0 Å². The van der Waals surface area contributed by atoms with Gasteiger partial charge in [0.05, 0.1) is 18.0 Å². The van der Waals surface area contributed by atoms with Gasteiger partial charge in [0.15, 0.2) is 5.16 Å². The molecule has 2 atom stereocenters. The molecule has 0 spiro atoms. The number of carbonyl (C=O) groups is 2. The van der Waals surface area contributed by atoms with Crippen LogP contribution in [0.1, 0.15) is 38.1 Å². The van der Waals surface area contributed by atoms with E-state index in [-0.39, 0.29) is 35.3 Å². The van der Waals surface area contributed by atoms with Gasteiger partial charge in [-0.15, -0.1) is 0 Å².